The maximum Gasteiger partial charge on any atom is 0.142 e. The standard InChI is InChI=1S/C16H17Cl2FN2/c1-2-6-21-16(9-11-5-7-20-10-14(11)18)12-3-4-13(17)15(19)8-12/h3-5,7-8,10,16,21H,2,6,9H2,1H3. The number of hydrogen-bond donors (Lipinski definition) is 1. The van der Waals surface area contributed by atoms with Crippen molar-refractivity contribution in [2.24, 2.45) is 0 Å². The highest BCUT2D eigenvalue weighted by Crippen LogP contribution is 2.25. The van der Waals surface area contributed by atoms with E-state index in [1.165, 1.54) is 6.07 Å². The molecule has 2 nitrogen and oxygen atoms in total. The van der Waals surface area contributed by atoms with Crippen molar-refractivity contribution in [3.05, 3.63) is 63.6 Å². The number of aromatic nitrogens is 1. The summed E-state index contributed by atoms with van der Waals surface area (Å²) in [5.74, 6) is -0.404. The number of rotatable bonds is 6. The van der Waals surface area contributed by atoms with Crippen molar-refractivity contribution in [2.45, 2.75) is 25.8 Å². The maximum absolute atomic E-state index is 13.7. The second-order valence-electron chi connectivity index (χ2n) is 4.85. The minimum Gasteiger partial charge on any atom is -0.310 e. The van der Waals surface area contributed by atoms with E-state index >= 15 is 0 Å². The molecule has 1 aromatic heterocycles. The minimum absolute atomic E-state index is 0.0170. The maximum atomic E-state index is 13.7. The van der Waals surface area contributed by atoms with Gasteiger partial charge in [0, 0.05) is 18.4 Å². The van der Waals surface area contributed by atoms with E-state index in [-0.39, 0.29) is 11.1 Å². The topological polar surface area (TPSA) is 24.9 Å². The van der Waals surface area contributed by atoms with Crippen LogP contribution in [-0.4, -0.2) is 11.5 Å². The van der Waals surface area contributed by atoms with Gasteiger partial charge in [-0.05, 0) is 48.7 Å². The van der Waals surface area contributed by atoms with Crippen LogP contribution in [0.4, 0.5) is 4.39 Å². The van der Waals surface area contributed by atoms with Gasteiger partial charge in [0.15, 0.2) is 0 Å². The van der Waals surface area contributed by atoms with Crippen LogP contribution in [0.3, 0.4) is 0 Å². The molecule has 0 aliphatic rings. The van der Waals surface area contributed by atoms with Crippen molar-refractivity contribution in [1.29, 1.82) is 0 Å². The number of hydrogen-bond acceptors (Lipinski definition) is 2. The molecule has 0 saturated carbocycles. The van der Waals surface area contributed by atoms with Gasteiger partial charge in [0.25, 0.3) is 0 Å². The van der Waals surface area contributed by atoms with Crippen LogP contribution in [0, 0.1) is 5.82 Å². The fraction of sp³-hybridized carbons (Fsp3) is 0.312. The Morgan fingerprint density at radius 3 is 2.71 bits per heavy atom. The predicted molar refractivity (Wildman–Crippen MR) is 85.4 cm³/mol. The van der Waals surface area contributed by atoms with Crippen LogP contribution in [0.2, 0.25) is 10.0 Å². The lowest BCUT2D eigenvalue weighted by molar-refractivity contribution is 0.524. The molecule has 112 valence electrons. The third-order valence-electron chi connectivity index (χ3n) is 3.27. The molecule has 2 rings (SSSR count). The van der Waals surface area contributed by atoms with Gasteiger partial charge in [0.05, 0.1) is 10.0 Å². The smallest absolute Gasteiger partial charge is 0.142 e. The number of nitrogens with one attached hydrogen (secondary N) is 1. The highest BCUT2D eigenvalue weighted by atomic mass is 35.5. The van der Waals surface area contributed by atoms with E-state index < -0.39 is 5.82 Å². The van der Waals surface area contributed by atoms with Gasteiger partial charge in [-0.25, -0.2) is 4.39 Å². The first-order chi connectivity index (χ1) is 10.1. The third kappa shape index (κ3) is 4.40. The van der Waals surface area contributed by atoms with E-state index in [1.807, 2.05) is 12.1 Å². The van der Waals surface area contributed by atoms with E-state index in [1.54, 1.807) is 18.5 Å². The molecule has 1 unspecified atom stereocenters. The summed E-state index contributed by atoms with van der Waals surface area (Å²) in [4.78, 5) is 3.98. The highest BCUT2D eigenvalue weighted by molar-refractivity contribution is 6.31. The molecule has 0 radical (unpaired) electrons. The van der Waals surface area contributed by atoms with Crippen molar-refractivity contribution >= 4 is 23.2 Å². The molecule has 0 saturated heterocycles. The number of pyridine rings is 1. The van der Waals surface area contributed by atoms with Crippen molar-refractivity contribution in [1.82, 2.24) is 10.3 Å². The first kappa shape index (κ1) is 16.2. The molecule has 21 heavy (non-hydrogen) atoms. The normalized spacial score (nSPS) is 12.4. The van der Waals surface area contributed by atoms with E-state index in [4.69, 9.17) is 23.2 Å². The quantitative estimate of drug-likeness (QED) is 0.823. The second kappa shape index (κ2) is 7.74. The highest BCUT2D eigenvalue weighted by Gasteiger charge is 2.15. The van der Waals surface area contributed by atoms with Crippen LogP contribution in [0.1, 0.15) is 30.5 Å². The number of benzene rings is 1. The molecule has 0 amide bonds. The fourth-order valence-electron chi connectivity index (χ4n) is 2.15. The van der Waals surface area contributed by atoms with Crippen LogP contribution in [0.15, 0.2) is 36.7 Å². The Labute approximate surface area is 134 Å². The molecule has 0 spiro atoms. The average molecular weight is 327 g/mol. The van der Waals surface area contributed by atoms with E-state index in [2.05, 4.69) is 17.2 Å². The Balaban J connectivity index is 2.25. The van der Waals surface area contributed by atoms with Gasteiger partial charge < -0.3 is 5.32 Å². The summed E-state index contributed by atoms with van der Waals surface area (Å²) in [7, 11) is 0. The minimum atomic E-state index is -0.404. The summed E-state index contributed by atoms with van der Waals surface area (Å²) in [5, 5.41) is 4.17. The van der Waals surface area contributed by atoms with E-state index in [0.717, 1.165) is 24.1 Å². The fourth-order valence-corrected chi connectivity index (χ4v) is 2.46. The zero-order valence-corrected chi connectivity index (χ0v) is 13.3. The molecule has 5 heteroatoms. The Morgan fingerprint density at radius 1 is 1.24 bits per heavy atom. The summed E-state index contributed by atoms with van der Waals surface area (Å²) in [6, 6.07) is 6.77. The zero-order valence-electron chi connectivity index (χ0n) is 11.7. The number of nitrogens with zero attached hydrogens (tertiary/aromatic N) is 1. The van der Waals surface area contributed by atoms with Gasteiger partial charge >= 0.3 is 0 Å². The van der Waals surface area contributed by atoms with Gasteiger partial charge in [-0.15, -0.1) is 0 Å². The molecular formula is C16H17Cl2FN2. The lowest BCUT2D eigenvalue weighted by atomic mass is 9.99. The molecule has 1 atom stereocenters. The Bertz CT molecular complexity index is 605. The first-order valence-corrected chi connectivity index (χ1v) is 7.64. The Hall–Kier alpha value is -1.16. The summed E-state index contributed by atoms with van der Waals surface area (Å²) in [5.41, 5.74) is 1.84. The van der Waals surface area contributed by atoms with Crippen LogP contribution in [0.25, 0.3) is 0 Å². The van der Waals surface area contributed by atoms with E-state index in [0.29, 0.717) is 11.4 Å². The molecule has 0 bridgehead atoms. The van der Waals surface area contributed by atoms with Gasteiger partial charge in [-0.1, -0.05) is 36.2 Å². The predicted octanol–water partition coefficient (Wildman–Crippen LogP) is 4.81. The summed E-state index contributed by atoms with van der Waals surface area (Å²) >= 11 is 11.9. The van der Waals surface area contributed by atoms with Crippen LogP contribution in [-0.2, 0) is 6.42 Å². The molecule has 1 aromatic carbocycles. The van der Waals surface area contributed by atoms with Crippen LogP contribution in [0.5, 0.6) is 0 Å². The molecule has 0 aliphatic carbocycles. The summed E-state index contributed by atoms with van der Waals surface area (Å²) in [6.45, 7) is 2.93. The lowest BCUT2D eigenvalue weighted by Crippen LogP contribution is -2.24. The number of halogens is 3. The van der Waals surface area contributed by atoms with Crippen LogP contribution >= 0.6 is 23.2 Å². The SMILES string of the molecule is CCCNC(Cc1ccncc1Cl)c1ccc(Cl)c(F)c1. The molecule has 1 N–H and O–H groups in total. The lowest BCUT2D eigenvalue weighted by Gasteiger charge is -2.20. The van der Waals surface area contributed by atoms with Crippen molar-refractivity contribution in [2.75, 3.05) is 6.54 Å². The van der Waals surface area contributed by atoms with Crippen molar-refractivity contribution in [3.63, 3.8) is 0 Å². The largest absolute Gasteiger partial charge is 0.310 e. The summed E-state index contributed by atoms with van der Waals surface area (Å²) in [6.07, 6.45) is 5.00. The molecule has 0 fully saturated rings. The van der Waals surface area contributed by atoms with Crippen molar-refractivity contribution in [3.8, 4) is 0 Å². The molecular weight excluding hydrogens is 310 g/mol. The van der Waals surface area contributed by atoms with Gasteiger partial charge in [0.1, 0.15) is 5.82 Å². The monoisotopic (exact) mass is 326 g/mol. The van der Waals surface area contributed by atoms with Gasteiger partial charge in [-0.3, -0.25) is 4.98 Å². The Morgan fingerprint density at radius 2 is 2.05 bits per heavy atom. The average Bonchev–Trinajstić information content (AvgIpc) is 2.48. The second-order valence-corrected chi connectivity index (χ2v) is 5.67. The zero-order chi connectivity index (χ0) is 15.2. The van der Waals surface area contributed by atoms with Crippen molar-refractivity contribution < 1.29 is 4.39 Å². The summed E-state index contributed by atoms with van der Waals surface area (Å²) < 4.78 is 13.7. The third-order valence-corrected chi connectivity index (χ3v) is 3.91. The van der Waals surface area contributed by atoms with Crippen LogP contribution < -0.4 is 5.32 Å². The Kier molecular flexibility index (Phi) is 5.97. The van der Waals surface area contributed by atoms with Gasteiger partial charge in [-0.2, -0.15) is 0 Å². The van der Waals surface area contributed by atoms with Gasteiger partial charge in [0.2, 0.25) is 0 Å². The molecule has 1 heterocycles. The first-order valence-electron chi connectivity index (χ1n) is 6.88. The molecule has 0 aliphatic heterocycles. The van der Waals surface area contributed by atoms with E-state index in [9.17, 15) is 4.39 Å². The molecule has 2 aromatic rings.